The summed E-state index contributed by atoms with van der Waals surface area (Å²) in [6, 6.07) is 42.4. The Morgan fingerprint density at radius 1 is 0.515 bits per heavy atom. The lowest BCUT2D eigenvalue weighted by Gasteiger charge is -2.31. The van der Waals surface area contributed by atoms with Gasteiger partial charge < -0.3 is 4.42 Å². The number of hydrogen-bond donors (Lipinski definition) is 0. The van der Waals surface area contributed by atoms with Crippen molar-refractivity contribution >= 4 is 50.8 Å². The Hall–Kier alpha value is -3.88. The summed E-state index contributed by atoms with van der Waals surface area (Å²) in [6.07, 6.45) is 0. The van der Waals surface area contributed by atoms with Gasteiger partial charge in [0.25, 0.3) is 0 Å². The average Bonchev–Trinajstić information content (AvgIpc) is 3.36. The Kier molecular flexibility index (Phi) is 3.85. The van der Waals surface area contributed by atoms with Gasteiger partial charge in [0.1, 0.15) is 11.2 Å². The highest BCUT2D eigenvalue weighted by Gasteiger charge is 2.48. The van der Waals surface area contributed by atoms with Gasteiger partial charge in [-0.1, -0.05) is 103 Å². The molecular formula is C31H22OSi. The summed E-state index contributed by atoms with van der Waals surface area (Å²) < 4.78 is 6.39. The van der Waals surface area contributed by atoms with E-state index in [9.17, 15) is 0 Å². The van der Waals surface area contributed by atoms with Crippen molar-refractivity contribution in [3.63, 3.8) is 0 Å². The van der Waals surface area contributed by atoms with E-state index >= 15 is 0 Å². The molecule has 1 nitrogen and oxygen atoms in total. The van der Waals surface area contributed by atoms with Crippen LogP contribution in [0.3, 0.4) is 0 Å². The van der Waals surface area contributed by atoms with Crippen molar-refractivity contribution in [2.45, 2.75) is 6.92 Å². The van der Waals surface area contributed by atoms with Gasteiger partial charge in [0.15, 0.2) is 8.07 Å². The van der Waals surface area contributed by atoms with Crippen molar-refractivity contribution in [2.75, 3.05) is 0 Å². The predicted octanol–water partition coefficient (Wildman–Crippen LogP) is 5.25. The molecule has 0 N–H and O–H groups in total. The molecule has 0 amide bonds. The summed E-state index contributed by atoms with van der Waals surface area (Å²) >= 11 is 0. The SMILES string of the molecule is Cc1cccc([Si]2(c3ccccc3)c3ccccc3-c3cc4c(cc32)oc2ccccc24)c1. The van der Waals surface area contributed by atoms with Gasteiger partial charge in [0.2, 0.25) is 0 Å². The van der Waals surface area contributed by atoms with Crippen LogP contribution in [0.1, 0.15) is 5.56 Å². The molecule has 0 saturated heterocycles. The van der Waals surface area contributed by atoms with E-state index in [4.69, 9.17) is 4.42 Å². The molecule has 2 heteroatoms. The van der Waals surface area contributed by atoms with Crippen molar-refractivity contribution in [1.29, 1.82) is 0 Å². The molecule has 0 spiro atoms. The van der Waals surface area contributed by atoms with Crippen molar-refractivity contribution in [1.82, 2.24) is 0 Å². The van der Waals surface area contributed by atoms with E-state index in [1.54, 1.807) is 0 Å². The molecule has 0 aliphatic carbocycles. The average molecular weight is 439 g/mol. The molecule has 33 heavy (non-hydrogen) atoms. The molecule has 1 aliphatic heterocycles. The normalized spacial score (nSPS) is 16.8. The number of benzene rings is 5. The van der Waals surface area contributed by atoms with Crippen LogP contribution in [0.4, 0.5) is 0 Å². The highest BCUT2D eigenvalue weighted by Crippen LogP contribution is 2.35. The molecule has 0 radical (unpaired) electrons. The number of furan rings is 1. The molecule has 5 aromatic carbocycles. The van der Waals surface area contributed by atoms with Gasteiger partial charge in [-0.3, -0.25) is 0 Å². The zero-order valence-electron chi connectivity index (χ0n) is 18.4. The molecular weight excluding hydrogens is 416 g/mol. The lowest BCUT2D eigenvalue weighted by Crippen LogP contribution is -2.72. The maximum atomic E-state index is 6.39. The van der Waals surface area contributed by atoms with E-state index in [-0.39, 0.29) is 0 Å². The number of para-hydroxylation sites is 1. The maximum absolute atomic E-state index is 6.39. The lowest BCUT2D eigenvalue weighted by molar-refractivity contribution is 0.669. The van der Waals surface area contributed by atoms with Crippen LogP contribution in [-0.2, 0) is 0 Å². The second-order valence-corrected chi connectivity index (χ2v) is 12.8. The van der Waals surface area contributed by atoms with Crippen molar-refractivity contribution < 1.29 is 4.42 Å². The molecule has 0 fully saturated rings. The second kappa shape index (κ2) is 6.81. The van der Waals surface area contributed by atoms with Gasteiger partial charge in [-0.05, 0) is 57.0 Å². The Morgan fingerprint density at radius 2 is 1.27 bits per heavy atom. The molecule has 156 valence electrons. The molecule has 0 saturated carbocycles. The number of hydrogen-bond acceptors (Lipinski definition) is 1. The summed E-state index contributed by atoms with van der Waals surface area (Å²) in [5.74, 6) is 0. The van der Waals surface area contributed by atoms with Crippen LogP contribution < -0.4 is 20.7 Å². The second-order valence-electron chi connectivity index (χ2n) is 9.02. The summed E-state index contributed by atoms with van der Waals surface area (Å²) in [7, 11) is -2.48. The van der Waals surface area contributed by atoms with Crippen LogP contribution in [0.15, 0.2) is 120 Å². The maximum Gasteiger partial charge on any atom is 0.181 e. The highest BCUT2D eigenvalue weighted by molar-refractivity contribution is 7.22. The molecule has 0 bridgehead atoms. The standard InChI is InChI=1S/C31H22OSi/c1-21-10-9-13-23(18-21)33(22-11-3-2-4-12-22)30-17-8-6-15-25(30)27-19-26-24-14-5-7-16-28(24)32-29(26)20-31(27)33/h2-20H,1H3. The Balaban J connectivity index is 1.69. The fraction of sp³-hybridized carbons (Fsp3) is 0.0323. The molecule has 2 heterocycles. The molecule has 1 aromatic heterocycles. The third-order valence-electron chi connectivity index (χ3n) is 7.20. The summed E-state index contributed by atoms with van der Waals surface area (Å²) in [4.78, 5) is 0. The van der Waals surface area contributed by atoms with Crippen LogP contribution in [-0.4, -0.2) is 8.07 Å². The van der Waals surface area contributed by atoms with Gasteiger partial charge in [-0.15, -0.1) is 0 Å². The summed E-state index contributed by atoms with van der Waals surface area (Å²) in [5, 5.41) is 8.11. The summed E-state index contributed by atoms with van der Waals surface area (Å²) in [5.41, 5.74) is 5.93. The highest BCUT2D eigenvalue weighted by atomic mass is 28.3. The van der Waals surface area contributed by atoms with E-state index in [1.807, 2.05) is 6.07 Å². The zero-order valence-corrected chi connectivity index (χ0v) is 19.4. The van der Waals surface area contributed by atoms with E-state index in [2.05, 4.69) is 116 Å². The third kappa shape index (κ3) is 2.47. The van der Waals surface area contributed by atoms with Gasteiger partial charge >= 0.3 is 0 Å². The number of fused-ring (bicyclic) bond motifs is 6. The predicted molar refractivity (Wildman–Crippen MR) is 141 cm³/mol. The fourth-order valence-corrected chi connectivity index (χ4v) is 11.1. The third-order valence-corrected chi connectivity index (χ3v) is 12.0. The first-order chi connectivity index (χ1) is 16.3. The molecule has 1 unspecified atom stereocenters. The molecule has 7 rings (SSSR count). The van der Waals surface area contributed by atoms with Gasteiger partial charge in [0.05, 0.1) is 0 Å². The quantitative estimate of drug-likeness (QED) is 0.336. The van der Waals surface area contributed by atoms with Crippen molar-refractivity contribution in [2.24, 2.45) is 0 Å². The van der Waals surface area contributed by atoms with Crippen molar-refractivity contribution in [3.8, 4) is 11.1 Å². The van der Waals surface area contributed by atoms with Crippen molar-refractivity contribution in [3.05, 3.63) is 121 Å². The zero-order chi connectivity index (χ0) is 22.0. The van der Waals surface area contributed by atoms with Crippen LogP contribution in [0.25, 0.3) is 33.1 Å². The summed E-state index contributed by atoms with van der Waals surface area (Å²) in [6.45, 7) is 2.20. The van der Waals surface area contributed by atoms with Gasteiger partial charge in [-0.25, -0.2) is 0 Å². The Bertz CT molecular complexity index is 1680. The minimum absolute atomic E-state index is 0.951. The number of rotatable bonds is 2. The van der Waals surface area contributed by atoms with Crippen LogP contribution >= 0.6 is 0 Å². The fourth-order valence-electron chi connectivity index (χ4n) is 5.85. The monoisotopic (exact) mass is 438 g/mol. The van der Waals surface area contributed by atoms with E-state index < -0.39 is 8.07 Å². The van der Waals surface area contributed by atoms with E-state index in [0.29, 0.717) is 0 Å². The first-order valence-electron chi connectivity index (χ1n) is 11.4. The van der Waals surface area contributed by atoms with Crippen LogP contribution in [0, 0.1) is 6.92 Å². The first-order valence-corrected chi connectivity index (χ1v) is 13.4. The van der Waals surface area contributed by atoms with Crippen LogP contribution in [0.2, 0.25) is 0 Å². The first kappa shape index (κ1) is 18.7. The van der Waals surface area contributed by atoms with Gasteiger partial charge in [0, 0.05) is 10.8 Å². The molecule has 1 aliphatic rings. The number of aryl methyl sites for hydroxylation is 1. The van der Waals surface area contributed by atoms with Gasteiger partial charge in [-0.2, -0.15) is 0 Å². The minimum atomic E-state index is -2.48. The lowest BCUT2D eigenvalue weighted by atomic mass is 10.0. The Morgan fingerprint density at radius 3 is 2.15 bits per heavy atom. The smallest absolute Gasteiger partial charge is 0.181 e. The minimum Gasteiger partial charge on any atom is -0.456 e. The van der Waals surface area contributed by atoms with E-state index in [0.717, 1.165) is 11.2 Å². The molecule has 6 aromatic rings. The largest absolute Gasteiger partial charge is 0.456 e. The Labute approximate surface area is 194 Å². The van der Waals surface area contributed by atoms with Crippen LogP contribution in [0.5, 0.6) is 0 Å². The molecule has 1 atom stereocenters. The van der Waals surface area contributed by atoms with E-state index in [1.165, 1.54) is 48.2 Å². The topological polar surface area (TPSA) is 13.1 Å².